The van der Waals surface area contributed by atoms with E-state index >= 15 is 0 Å². The highest BCUT2D eigenvalue weighted by Gasteiger charge is 2.71. The van der Waals surface area contributed by atoms with E-state index in [-0.39, 0.29) is 43.2 Å². The van der Waals surface area contributed by atoms with Crippen LogP contribution in [0.3, 0.4) is 0 Å². The Hall–Kier alpha value is -2.34. The van der Waals surface area contributed by atoms with Crippen LogP contribution in [0.2, 0.25) is 0 Å². The molecule has 4 aliphatic carbocycles. The van der Waals surface area contributed by atoms with Gasteiger partial charge < -0.3 is 38.7 Å². The van der Waals surface area contributed by atoms with E-state index in [1.807, 2.05) is 0 Å². The number of carbonyl (C=O) groups excluding carboxylic acids is 4. The van der Waals surface area contributed by atoms with Crippen LogP contribution in [0.25, 0.3) is 0 Å². The van der Waals surface area contributed by atoms with Crippen molar-refractivity contribution in [2.24, 2.45) is 28.6 Å². The fraction of sp³-hybridized carbons (Fsp3) is 0.818. The van der Waals surface area contributed by atoms with E-state index in [1.54, 1.807) is 13.0 Å². The number of carbonyl (C=O) groups is 4. The molecule has 244 valence electrons. The average molecular weight is 619 g/mol. The second kappa shape index (κ2) is 11.2. The number of rotatable bonds is 6. The van der Waals surface area contributed by atoms with Crippen molar-refractivity contribution < 1.29 is 53.1 Å². The van der Waals surface area contributed by atoms with E-state index in [0.29, 0.717) is 44.9 Å². The van der Waals surface area contributed by atoms with Gasteiger partial charge in [0.2, 0.25) is 0 Å². The molecule has 11 nitrogen and oxygen atoms in total. The molecule has 0 aromatic rings. The fourth-order valence-electron chi connectivity index (χ4n) is 10.4. The van der Waals surface area contributed by atoms with Crippen LogP contribution >= 0.6 is 0 Å². The Labute approximate surface area is 257 Å². The third-order valence-corrected chi connectivity index (χ3v) is 12.4. The van der Waals surface area contributed by atoms with E-state index in [1.165, 1.54) is 13.8 Å². The predicted molar refractivity (Wildman–Crippen MR) is 153 cm³/mol. The Morgan fingerprint density at radius 3 is 2.39 bits per heavy atom. The minimum Gasteiger partial charge on any atom is -0.458 e. The highest BCUT2D eigenvalue weighted by atomic mass is 16.7. The molecule has 4 saturated carbocycles. The van der Waals surface area contributed by atoms with Crippen molar-refractivity contribution in [1.29, 1.82) is 0 Å². The number of hydrogen-bond donors (Lipinski definition) is 2. The molecule has 2 N–H and O–H groups in total. The molecule has 0 spiro atoms. The standard InChI is InChI=1S/C33H46O11/c1-18-29(43-20(3)36)26(42-19(2)35)14-28(41-18)44-22-5-10-31(17-34)24-6-9-30(4)23(21-13-27(37)40-16-21)8-12-33(30,39)25(24)7-11-32(31,38)15-22/h13,17-18,22-26,28-29,38-39H,5-12,14-16H2,1-4H3/t18-,22+,23+,24-,25+,26+,28-,29+,30-,31+,32-,33+/m1/s1. The largest absolute Gasteiger partial charge is 0.458 e. The first-order valence-corrected chi connectivity index (χ1v) is 16.2. The van der Waals surface area contributed by atoms with Gasteiger partial charge in [-0.25, -0.2) is 4.79 Å². The SMILES string of the molecule is CC(=O)O[C@@H]1[C@@H](OC(C)=O)C[C@@H](O[C@H]2CC[C@]3(C=O)[C@@H]4CC[C@]5(C)[C@H](C6=CC(=O)OC6)CC[C@]5(O)[C@H]4CC[C@@]3(O)C2)O[C@@H]1C. The lowest BCUT2D eigenvalue weighted by atomic mass is 9.41. The maximum atomic E-state index is 13.1. The molecule has 12 atom stereocenters. The first kappa shape index (κ1) is 31.6. The zero-order chi connectivity index (χ0) is 31.7. The molecule has 44 heavy (non-hydrogen) atoms. The van der Waals surface area contributed by atoms with Crippen LogP contribution < -0.4 is 0 Å². The Morgan fingerprint density at radius 2 is 1.73 bits per heavy atom. The van der Waals surface area contributed by atoms with E-state index < -0.39 is 64.7 Å². The van der Waals surface area contributed by atoms with Gasteiger partial charge in [-0.05, 0) is 81.6 Å². The van der Waals surface area contributed by atoms with Crippen LogP contribution in [0.4, 0.5) is 0 Å². The van der Waals surface area contributed by atoms with Crippen molar-refractivity contribution in [2.45, 2.75) is 134 Å². The summed E-state index contributed by atoms with van der Waals surface area (Å²) in [7, 11) is 0. The number of esters is 3. The van der Waals surface area contributed by atoms with Crippen LogP contribution in [0, 0.1) is 28.6 Å². The molecular weight excluding hydrogens is 572 g/mol. The number of aliphatic hydroxyl groups is 2. The third kappa shape index (κ3) is 4.84. The quantitative estimate of drug-likeness (QED) is 0.195. The van der Waals surface area contributed by atoms with Crippen molar-refractivity contribution in [3.8, 4) is 0 Å². The van der Waals surface area contributed by atoms with Crippen molar-refractivity contribution in [2.75, 3.05) is 6.61 Å². The molecule has 6 aliphatic rings. The average Bonchev–Trinajstić information content (AvgIpc) is 3.49. The normalized spacial score (nSPS) is 48.2. The van der Waals surface area contributed by atoms with Crippen LogP contribution in [-0.4, -0.2) is 82.9 Å². The molecular formula is C33H46O11. The number of aldehydes is 1. The predicted octanol–water partition coefficient (Wildman–Crippen LogP) is 2.92. The topological polar surface area (TPSA) is 155 Å². The van der Waals surface area contributed by atoms with Crippen LogP contribution in [0.1, 0.15) is 91.9 Å². The van der Waals surface area contributed by atoms with Gasteiger partial charge in [-0.1, -0.05) is 6.92 Å². The molecule has 0 bridgehead atoms. The summed E-state index contributed by atoms with van der Waals surface area (Å²) >= 11 is 0. The summed E-state index contributed by atoms with van der Waals surface area (Å²) in [6, 6.07) is 0. The highest BCUT2D eigenvalue weighted by Crippen LogP contribution is 2.70. The molecule has 11 heteroatoms. The minimum absolute atomic E-state index is 0.0474. The Bertz CT molecular complexity index is 1230. The lowest BCUT2D eigenvalue weighted by Gasteiger charge is -2.65. The van der Waals surface area contributed by atoms with E-state index in [4.69, 9.17) is 23.7 Å². The molecule has 6 rings (SSSR count). The van der Waals surface area contributed by atoms with Gasteiger partial charge in [0.25, 0.3) is 0 Å². The fourth-order valence-corrected chi connectivity index (χ4v) is 10.4. The minimum atomic E-state index is -1.30. The Balaban J connectivity index is 1.18. The number of hydrogen-bond acceptors (Lipinski definition) is 11. The van der Waals surface area contributed by atoms with E-state index in [9.17, 15) is 29.4 Å². The van der Waals surface area contributed by atoms with Gasteiger partial charge in [-0.3, -0.25) is 9.59 Å². The van der Waals surface area contributed by atoms with Gasteiger partial charge in [0, 0.05) is 38.2 Å². The number of cyclic esters (lactones) is 1. The summed E-state index contributed by atoms with van der Waals surface area (Å²) in [5.41, 5.74) is -2.79. The summed E-state index contributed by atoms with van der Waals surface area (Å²) < 4.78 is 28.5. The molecule has 0 unspecified atom stereocenters. The van der Waals surface area contributed by atoms with Crippen molar-refractivity contribution >= 4 is 24.2 Å². The molecule has 2 aliphatic heterocycles. The molecule has 0 aromatic heterocycles. The van der Waals surface area contributed by atoms with Gasteiger partial charge in [-0.15, -0.1) is 0 Å². The van der Waals surface area contributed by atoms with Crippen molar-refractivity contribution in [1.82, 2.24) is 0 Å². The van der Waals surface area contributed by atoms with Gasteiger partial charge in [0.15, 0.2) is 12.4 Å². The van der Waals surface area contributed by atoms with Crippen LogP contribution in [0.15, 0.2) is 11.6 Å². The molecule has 0 radical (unpaired) electrons. The summed E-state index contributed by atoms with van der Waals surface area (Å²) in [6.45, 7) is 6.72. The highest BCUT2D eigenvalue weighted by molar-refractivity contribution is 5.85. The van der Waals surface area contributed by atoms with Crippen LogP contribution in [-0.2, 0) is 42.9 Å². The van der Waals surface area contributed by atoms with Crippen LogP contribution in [0.5, 0.6) is 0 Å². The van der Waals surface area contributed by atoms with E-state index in [2.05, 4.69) is 6.92 Å². The molecule has 0 aromatic carbocycles. The zero-order valence-corrected chi connectivity index (χ0v) is 26.1. The maximum Gasteiger partial charge on any atom is 0.331 e. The van der Waals surface area contributed by atoms with Gasteiger partial charge >= 0.3 is 17.9 Å². The third-order valence-electron chi connectivity index (χ3n) is 12.4. The van der Waals surface area contributed by atoms with Crippen molar-refractivity contribution in [3.63, 3.8) is 0 Å². The monoisotopic (exact) mass is 618 g/mol. The second-order valence-corrected chi connectivity index (χ2v) is 14.5. The summed E-state index contributed by atoms with van der Waals surface area (Å²) in [5, 5.41) is 24.7. The van der Waals surface area contributed by atoms with Gasteiger partial charge in [-0.2, -0.15) is 0 Å². The second-order valence-electron chi connectivity index (χ2n) is 14.5. The van der Waals surface area contributed by atoms with Gasteiger partial charge in [0.1, 0.15) is 19.0 Å². The molecule has 5 fully saturated rings. The Kier molecular flexibility index (Phi) is 8.03. The zero-order valence-electron chi connectivity index (χ0n) is 26.1. The van der Waals surface area contributed by atoms with Crippen molar-refractivity contribution in [3.05, 3.63) is 11.6 Å². The van der Waals surface area contributed by atoms with Gasteiger partial charge in [0.05, 0.1) is 28.8 Å². The first-order valence-electron chi connectivity index (χ1n) is 16.2. The first-order chi connectivity index (χ1) is 20.7. The lowest BCUT2D eigenvalue weighted by Crippen LogP contribution is -2.69. The lowest BCUT2D eigenvalue weighted by molar-refractivity contribution is -0.288. The molecule has 1 saturated heterocycles. The summed E-state index contributed by atoms with van der Waals surface area (Å²) in [5.74, 6) is -1.59. The number of ether oxygens (including phenoxy) is 5. The summed E-state index contributed by atoms with van der Waals surface area (Å²) in [4.78, 5) is 48.4. The molecule has 2 heterocycles. The van der Waals surface area contributed by atoms with E-state index in [0.717, 1.165) is 18.3 Å². The Morgan fingerprint density at radius 1 is 1.00 bits per heavy atom. The summed E-state index contributed by atoms with van der Waals surface area (Å²) in [6.07, 6.45) is 4.39. The number of fused-ring (bicyclic) bond motifs is 5. The maximum absolute atomic E-state index is 13.1. The smallest absolute Gasteiger partial charge is 0.331 e. The molecule has 0 amide bonds.